The highest BCUT2D eigenvalue weighted by Gasteiger charge is 2.24. The van der Waals surface area contributed by atoms with Gasteiger partial charge < -0.3 is 10.1 Å². The Hall–Kier alpha value is -4.34. The number of halogens is 4. The zero-order valence-corrected chi connectivity index (χ0v) is 19.2. The number of aryl methyl sites for hydroxylation is 1. The highest BCUT2D eigenvalue weighted by Crippen LogP contribution is 2.34. The minimum absolute atomic E-state index is 0.0555. The Morgan fingerprint density at radius 1 is 1.03 bits per heavy atom. The first kappa shape index (κ1) is 24.8. The van der Waals surface area contributed by atoms with E-state index in [2.05, 4.69) is 25.0 Å². The maximum absolute atomic E-state index is 13.6. The molecule has 0 bridgehead atoms. The van der Waals surface area contributed by atoms with E-state index in [1.807, 2.05) is 0 Å². The van der Waals surface area contributed by atoms with Crippen LogP contribution in [0, 0.1) is 6.92 Å². The van der Waals surface area contributed by atoms with Crippen LogP contribution in [-0.2, 0) is 5.92 Å². The number of nitrogens with one attached hydrogen (secondary N) is 1. The molecule has 0 spiro atoms. The molecule has 1 amide bonds. The molecule has 2 aromatic carbocycles. The molecule has 1 N–H and O–H groups in total. The van der Waals surface area contributed by atoms with Gasteiger partial charge in [0.2, 0.25) is 0 Å². The van der Waals surface area contributed by atoms with Gasteiger partial charge in [-0.1, -0.05) is 18.2 Å². The van der Waals surface area contributed by atoms with E-state index in [-0.39, 0.29) is 28.4 Å². The molecule has 36 heavy (non-hydrogen) atoms. The Kier molecular flexibility index (Phi) is 6.96. The Bertz CT molecular complexity index is 1390. The van der Waals surface area contributed by atoms with Crippen LogP contribution in [0.25, 0.3) is 22.6 Å². The topological polar surface area (TPSA) is 77.0 Å². The predicted octanol–water partition coefficient (Wildman–Crippen LogP) is 6.48. The van der Waals surface area contributed by atoms with Crippen molar-refractivity contribution in [3.05, 3.63) is 89.9 Å². The molecule has 0 aliphatic heterocycles. The monoisotopic (exact) mass is 496 g/mol. The maximum atomic E-state index is 13.6. The lowest BCUT2D eigenvalue weighted by molar-refractivity contribution is -0.0494. The molecule has 0 saturated carbocycles. The van der Waals surface area contributed by atoms with E-state index in [0.717, 1.165) is 6.92 Å². The predicted molar refractivity (Wildman–Crippen MR) is 126 cm³/mol. The summed E-state index contributed by atoms with van der Waals surface area (Å²) < 4.78 is 57.7. The summed E-state index contributed by atoms with van der Waals surface area (Å²) in [5.41, 5.74) is 1.69. The van der Waals surface area contributed by atoms with Crippen LogP contribution in [-0.4, -0.2) is 27.5 Å². The van der Waals surface area contributed by atoms with E-state index in [9.17, 15) is 22.4 Å². The molecule has 184 valence electrons. The summed E-state index contributed by atoms with van der Waals surface area (Å²) in [7, 11) is 0. The molecule has 4 aromatic rings. The number of benzene rings is 2. The van der Waals surface area contributed by atoms with Crippen molar-refractivity contribution < 1.29 is 27.1 Å². The number of aromatic nitrogens is 3. The van der Waals surface area contributed by atoms with E-state index in [1.54, 1.807) is 31.2 Å². The molecule has 0 atom stereocenters. The van der Waals surface area contributed by atoms with Gasteiger partial charge in [-0.3, -0.25) is 9.78 Å². The van der Waals surface area contributed by atoms with Gasteiger partial charge in [-0.25, -0.2) is 18.7 Å². The zero-order valence-electron chi connectivity index (χ0n) is 19.2. The molecule has 0 aliphatic carbocycles. The van der Waals surface area contributed by atoms with E-state index in [4.69, 9.17) is 0 Å². The number of nitrogens with zero attached hydrogens (tertiary/aromatic N) is 3. The minimum atomic E-state index is -3.05. The number of carbonyl (C=O) groups is 1. The average molecular weight is 496 g/mol. The van der Waals surface area contributed by atoms with Gasteiger partial charge in [-0.15, -0.1) is 0 Å². The van der Waals surface area contributed by atoms with Gasteiger partial charge in [-0.05, 0) is 49.4 Å². The van der Waals surface area contributed by atoms with Crippen LogP contribution < -0.4 is 10.1 Å². The van der Waals surface area contributed by atoms with Gasteiger partial charge in [0.15, 0.2) is 5.82 Å². The van der Waals surface area contributed by atoms with Crippen LogP contribution in [0.15, 0.2) is 73.1 Å². The summed E-state index contributed by atoms with van der Waals surface area (Å²) in [5.74, 6) is -3.42. The average Bonchev–Trinajstić information content (AvgIpc) is 2.84. The lowest BCUT2D eigenvalue weighted by Crippen LogP contribution is -2.16. The molecule has 6 nitrogen and oxygen atoms in total. The Labute approximate surface area is 204 Å². The molecule has 0 aliphatic rings. The smallest absolute Gasteiger partial charge is 0.387 e. The van der Waals surface area contributed by atoms with Crippen molar-refractivity contribution in [1.29, 1.82) is 0 Å². The van der Waals surface area contributed by atoms with E-state index in [1.165, 1.54) is 48.8 Å². The molecule has 2 heterocycles. The molecule has 0 radical (unpaired) electrons. The zero-order chi connectivity index (χ0) is 25.9. The van der Waals surface area contributed by atoms with E-state index >= 15 is 0 Å². The lowest BCUT2D eigenvalue weighted by Gasteiger charge is -2.14. The number of carbonyl (C=O) groups excluding carboxylic acids is 1. The first-order valence-corrected chi connectivity index (χ1v) is 10.8. The van der Waals surface area contributed by atoms with Crippen LogP contribution in [0.1, 0.15) is 28.5 Å². The lowest BCUT2D eigenvalue weighted by atomic mass is 10.1. The van der Waals surface area contributed by atoms with Crippen LogP contribution in [0.5, 0.6) is 5.75 Å². The number of hydrogen-bond donors (Lipinski definition) is 1. The Balaban J connectivity index is 1.62. The fraction of sp³-hybridized carbons (Fsp3) is 0.154. The summed E-state index contributed by atoms with van der Waals surface area (Å²) in [6.07, 6.45) is 2.84. The van der Waals surface area contributed by atoms with Crippen molar-refractivity contribution in [3.8, 4) is 28.4 Å². The molecular weight excluding hydrogens is 476 g/mol. The van der Waals surface area contributed by atoms with Gasteiger partial charge in [0.1, 0.15) is 5.75 Å². The summed E-state index contributed by atoms with van der Waals surface area (Å²) in [6.45, 7) is -0.639. The van der Waals surface area contributed by atoms with Crippen LogP contribution >= 0.6 is 0 Å². The van der Waals surface area contributed by atoms with Gasteiger partial charge in [0.25, 0.3) is 11.8 Å². The first-order chi connectivity index (χ1) is 17.1. The summed E-state index contributed by atoms with van der Waals surface area (Å²) in [5, 5.41) is 2.58. The van der Waals surface area contributed by atoms with Crippen molar-refractivity contribution >= 4 is 11.6 Å². The molecule has 0 unspecified atom stereocenters. The minimum Gasteiger partial charge on any atom is -0.434 e. The van der Waals surface area contributed by atoms with E-state index < -0.39 is 18.4 Å². The molecule has 4 rings (SSSR count). The first-order valence-electron chi connectivity index (χ1n) is 10.8. The van der Waals surface area contributed by atoms with Crippen molar-refractivity contribution in [1.82, 2.24) is 15.0 Å². The van der Waals surface area contributed by atoms with E-state index in [0.29, 0.717) is 22.5 Å². The molecule has 10 heteroatoms. The molecule has 2 aromatic heterocycles. The van der Waals surface area contributed by atoms with Gasteiger partial charge in [-0.2, -0.15) is 8.78 Å². The molecule has 0 saturated heterocycles. The highest BCUT2D eigenvalue weighted by molar-refractivity contribution is 6.04. The third-order valence-electron chi connectivity index (χ3n) is 5.25. The largest absolute Gasteiger partial charge is 0.434 e. The standard InChI is InChI=1S/C26H20F4N4O2/c1-15-20(24(35)34-18-7-5-6-17(13-18)26(2,29)30)14-32-23(33-15)16-9-10-22(36-25(27)28)19(12-16)21-8-3-4-11-31-21/h3-14,25H,1-2H3,(H,34,35). The van der Waals surface area contributed by atoms with Crippen molar-refractivity contribution in [3.63, 3.8) is 0 Å². The number of rotatable bonds is 7. The van der Waals surface area contributed by atoms with Crippen molar-refractivity contribution in [2.24, 2.45) is 0 Å². The number of anilines is 1. The number of ether oxygens (including phenoxy) is 1. The number of hydrogen-bond acceptors (Lipinski definition) is 5. The second-order valence-corrected chi connectivity index (χ2v) is 7.92. The molecular formula is C26H20F4N4O2. The summed E-state index contributed by atoms with van der Waals surface area (Å²) >= 11 is 0. The highest BCUT2D eigenvalue weighted by atomic mass is 19.3. The second kappa shape index (κ2) is 10.1. The Morgan fingerprint density at radius 2 is 1.83 bits per heavy atom. The summed E-state index contributed by atoms with van der Waals surface area (Å²) in [4.78, 5) is 25.6. The van der Waals surface area contributed by atoms with Gasteiger partial charge in [0, 0.05) is 41.7 Å². The molecule has 0 fully saturated rings. The fourth-order valence-corrected chi connectivity index (χ4v) is 3.49. The SMILES string of the molecule is Cc1nc(-c2ccc(OC(F)F)c(-c3ccccn3)c2)ncc1C(=O)Nc1cccc(C(C)(F)F)c1. The number of pyridine rings is 1. The third-order valence-corrected chi connectivity index (χ3v) is 5.25. The van der Waals surface area contributed by atoms with Gasteiger partial charge >= 0.3 is 6.61 Å². The van der Waals surface area contributed by atoms with Crippen molar-refractivity contribution in [2.45, 2.75) is 26.4 Å². The van der Waals surface area contributed by atoms with Crippen LogP contribution in [0.4, 0.5) is 23.2 Å². The quantitative estimate of drug-likeness (QED) is 0.297. The third kappa shape index (κ3) is 5.65. The number of alkyl halides is 4. The van der Waals surface area contributed by atoms with Crippen LogP contribution in [0.2, 0.25) is 0 Å². The fourth-order valence-electron chi connectivity index (χ4n) is 3.49. The Morgan fingerprint density at radius 3 is 2.50 bits per heavy atom. The number of amides is 1. The normalized spacial score (nSPS) is 11.4. The van der Waals surface area contributed by atoms with Crippen LogP contribution in [0.3, 0.4) is 0 Å². The summed E-state index contributed by atoms with van der Waals surface area (Å²) in [6, 6.07) is 14.9. The maximum Gasteiger partial charge on any atom is 0.387 e. The second-order valence-electron chi connectivity index (χ2n) is 7.92. The van der Waals surface area contributed by atoms with Crippen molar-refractivity contribution in [2.75, 3.05) is 5.32 Å². The van der Waals surface area contributed by atoms with Gasteiger partial charge in [0.05, 0.1) is 17.0 Å².